The fourth-order valence-electron chi connectivity index (χ4n) is 2.80. The number of quaternary nitrogens is 1. The molecule has 2 atom stereocenters. The minimum absolute atomic E-state index is 0.0263. The fourth-order valence-corrected chi connectivity index (χ4v) is 4.43. The molecule has 0 spiro atoms. The van der Waals surface area contributed by atoms with Crippen molar-refractivity contribution in [2.24, 2.45) is 0 Å². The van der Waals surface area contributed by atoms with Gasteiger partial charge in [-0.05, 0) is 24.3 Å². The predicted molar refractivity (Wildman–Crippen MR) is 106 cm³/mol. The van der Waals surface area contributed by atoms with Crippen molar-refractivity contribution in [2.45, 2.75) is 55.5 Å². The van der Waals surface area contributed by atoms with Crippen molar-refractivity contribution < 1.29 is 4.48 Å². The van der Waals surface area contributed by atoms with E-state index in [2.05, 4.69) is 66.6 Å². The van der Waals surface area contributed by atoms with Crippen LogP contribution in [0.15, 0.2) is 30.3 Å². The summed E-state index contributed by atoms with van der Waals surface area (Å²) in [6.07, 6.45) is 11.4. The lowest BCUT2D eigenvalue weighted by Crippen LogP contribution is -2.58. The molecular weight excluding hydrogens is 405 g/mol. The Hall–Kier alpha value is -0.240. The van der Waals surface area contributed by atoms with Gasteiger partial charge in [0.2, 0.25) is 4.05 Å². The first-order valence-corrected chi connectivity index (χ1v) is 9.93. The summed E-state index contributed by atoms with van der Waals surface area (Å²) >= 11 is 9.36. The third kappa shape index (κ3) is 5.44. The van der Waals surface area contributed by atoms with Gasteiger partial charge in [0.1, 0.15) is 0 Å². The monoisotopic (exact) mass is 432 g/mol. The van der Waals surface area contributed by atoms with Gasteiger partial charge in [-0.15, -0.1) is 6.42 Å². The van der Waals surface area contributed by atoms with E-state index >= 15 is 0 Å². The number of unbranched alkanes of at least 4 members (excludes halogenated alkanes) is 2. The predicted octanol–water partition coefficient (Wildman–Crippen LogP) is 5.61. The van der Waals surface area contributed by atoms with Gasteiger partial charge < -0.3 is 0 Å². The van der Waals surface area contributed by atoms with Gasteiger partial charge in [0, 0.05) is 29.0 Å². The third-order valence-corrected chi connectivity index (χ3v) is 6.26. The molecule has 1 nitrogen and oxygen atoms in total. The minimum atomic E-state index is 0.0263. The van der Waals surface area contributed by atoms with Crippen molar-refractivity contribution in [2.75, 3.05) is 13.1 Å². The second-order valence-corrected chi connectivity index (χ2v) is 7.57. The van der Waals surface area contributed by atoms with E-state index in [-0.39, 0.29) is 9.55 Å². The lowest BCUT2D eigenvalue weighted by atomic mass is 10.1. The smallest absolute Gasteiger partial charge is 0.201 e. The molecule has 0 aromatic heterocycles. The molecule has 0 saturated heterocycles. The third-order valence-electron chi connectivity index (χ3n) is 4.25. The van der Waals surface area contributed by atoms with Crippen molar-refractivity contribution in [3.8, 4) is 12.3 Å². The summed E-state index contributed by atoms with van der Waals surface area (Å²) in [4.78, 5) is 0. The number of nitrogens with zero attached hydrogens (tertiary/aromatic N) is 1. The lowest BCUT2D eigenvalue weighted by molar-refractivity contribution is -0.938. The van der Waals surface area contributed by atoms with E-state index in [4.69, 9.17) is 18.0 Å². The van der Waals surface area contributed by atoms with Gasteiger partial charge in [-0.2, -0.15) is 0 Å². The quantitative estimate of drug-likeness (QED) is 0.148. The number of halogens is 2. The standard InChI is InChI=1S/C19H28ClIN/c1-4-7-14-22(15-8-5-2,19(21)6-3)18(20)16-17-12-10-9-11-13-17/h3,9-13,18-19H,4-5,7-8,14-16H2,1-2H3/q+1. The number of terminal acetylenes is 1. The van der Waals surface area contributed by atoms with Crippen molar-refractivity contribution in [3.05, 3.63) is 35.9 Å². The highest BCUT2D eigenvalue weighted by molar-refractivity contribution is 14.1. The summed E-state index contributed by atoms with van der Waals surface area (Å²) in [5.41, 5.74) is 1.32. The van der Waals surface area contributed by atoms with Crippen LogP contribution in [0.2, 0.25) is 0 Å². The topological polar surface area (TPSA) is 0 Å². The summed E-state index contributed by atoms with van der Waals surface area (Å²) < 4.78 is 0.955. The first kappa shape index (κ1) is 19.8. The molecule has 1 aromatic rings. The molecule has 3 heteroatoms. The number of rotatable bonds is 10. The molecule has 0 bridgehead atoms. The van der Waals surface area contributed by atoms with Gasteiger partial charge in [-0.3, -0.25) is 4.48 Å². The minimum Gasteiger partial charge on any atom is -0.288 e. The Bertz CT molecular complexity index is 446. The van der Waals surface area contributed by atoms with Gasteiger partial charge in [-0.25, -0.2) is 0 Å². The average Bonchev–Trinajstić information content (AvgIpc) is 2.55. The zero-order valence-electron chi connectivity index (χ0n) is 13.8. The Kier molecular flexibility index (Phi) is 9.47. The van der Waals surface area contributed by atoms with Crippen molar-refractivity contribution in [3.63, 3.8) is 0 Å². The Morgan fingerprint density at radius 2 is 1.68 bits per heavy atom. The lowest BCUT2D eigenvalue weighted by Gasteiger charge is -2.44. The molecule has 0 N–H and O–H groups in total. The number of hydrogen-bond acceptors (Lipinski definition) is 0. The van der Waals surface area contributed by atoms with Gasteiger partial charge in [0.25, 0.3) is 0 Å². The number of benzene rings is 1. The van der Waals surface area contributed by atoms with Crippen LogP contribution in [0.25, 0.3) is 0 Å². The Morgan fingerprint density at radius 1 is 1.14 bits per heavy atom. The summed E-state index contributed by atoms with van der Waals surface area (Å²) in [6, 6.07) is 10.5. The largest absolute Gasteiger partial charge is 0.288 e. The van der Waals surface area contributed by atoms with Crippen molar-refractivity contribution in [1.82, 2.24) is 0 Å². The molecule has 1 rings (SSSR count). The zero-order chi connectivity index (χ0) is 16.4. The van der Waals surface area contributed by atoms with E-state index < -0.39 is 0 Å². The van der Waals surface area contributed by atoms with Gasteiger partial charge in [0.15, 0.2) is 5.50 Å². The van der Waals surface area contributed by atoms with Crippen LogP contribution in [0.3, 0.4) is 0 Å². The van der Waals surface area contributed by atoms with Crippen molar-refractivity contribution >= 4 is 34.2 Å². The maximum absolute atomic E-state index is 6.96. The second-order valence-electron chi connectivity index (χ2n) is 5.88. The molecule has 0 aliphatic rings. The van der Waals surface area contributed by atoms with Gasteiger partial charge in [0.05, 0.1) is 13.1 Å². The van der Waals surface area contributed by atoms with E-state index in [0.29, 0.717) is 0 Å². The molecule has 0 aliphatic carbocycles. The molecular formula is C19H28ClIN+. The van der Waals surface area contributed by atoms with Gasteiger partial charge in [-0.1, -0.05) is 68.6 Å². The molecule has 0 saturated carbocycles. The average molecular weight is 433 g/mol. The second kappa shape index (κ2) is 10.5. The maximum atomic E-state index is 6.96. The molecule has 0 heterocycles. The van der Waals surface area contributed by atoms with Crippen LogP contribution in [0.5, 0.6) is 0 Å². The molecule has 1 aromatic carbocycles. The summed E-state index contributed by atoms with van der Waals surface area (Å²) in [7, 11) is 0. The SMILES string of the molecule is C#CC(I)[N+](CCCC)(CCCC)C(Cl)Cc1ccccc1. The number of hydrogen-bond donors (Lipinski definition) is 0. The fraction of sp³-hybridized carbons (Fsp3) is 0.579. The highest BCUT2D eigenvalue weighted by Gasteiger charge is 2.40. The normalized spacial score (nSPS) is 14.3. The van der Waals surface area contributed by atoms with Crippen LogP contribution in [0.4, 0.5) is 0 Å². The molecule has 0 aliphatic heterocycles. The zero-order valence-corrected chi connectivity index (χ0v) is 16.7. The van der Waals surface area contributed by atoms with E-state index in [1.54, 1.807) is 0 Å². The summed E-state index contributed by atoms with van der Waals surface area (Å²) in [6.45, 7) is 6.59. The molecule has 0 fully saturated rings. The summed E-state index contributed by atoms with van der Waals surface area (Å²) in [5.74, 6) is 2.96. The highest BCUT2D eigenvalue weighted by atomic mass is 127. The van der Waals surface area contributed by atoms with Crippen LogP contribution < -0.4 is 0 Å². The first-order chi connectivity index (χ1) is 10.6. The van der Waals surface area contributed by atoms with Crippen LogP contribution in [-0.4, -0.2) is 27.1 Å². The molecule has 0 radical (unpaired) electrons. The van der Waals surface area contributed by atoms with Crippen LogP contribution >= 0.6 is 34.2 Å². The number of alkyl halides is 2. The van der Waals surface area contributed by atoms with Crippen molar-refractivity contribution in [1.29, 1.82) is 0 Å². The Labute approximate surface area is 155 Å². The molecule has 0 amide bonds. The van der Waals surface area contributed by atoms with Gasteiger partial charge >= 0.3 is 0 Å². The van der Waals surface area contributed by atoms with E-state index in [9.17, 15) is 0 Å². The highest BCUT2D eigenvalue weighted by Crippen LogP contribution is 2.30. The first-order valence-electron chi connectivity index (χ1n) is 8.25. The van der Waals surface area contributed by atoms with E-state index in [1.165, 1.54) is 31.2 Å². The Balaban J connectivity index is 3.00. The summed E-state index contributed by atoms with van der Waals surface area (Å²) in [5, 5.41) is 0. The Morgan fingerprint density at radius 3 is 2.14 bits per heavy atom. The molecule has 22 heavy (non-hydrogen) atoms. The van der Waals surface area contributed by atoms with Crippen LogP contribution in [-0.2, 0) is 6.42 Å². The molecule has 2 unspecified atom stereocenters. The van der Waals surface area contributed by atoms with E-state index in [0.717, 1.165) is 24.0 Å². The molecule has 122 valence electrons. The maximum Gasteiger partial charge on any atom is 0.201 e. The van der Waals surface area contributed by atoms with Crippen LogP contribution in [0, 0.1) is 12.3 Å². The van der Waals surface area contributed by atoms with Crippen LogP contribution in [0.1, 0.15) is 45.1 Å². The van der Waals surface area contributed by atoms with E-state index in [1.807, 2.05) is 6.07 Å².